The minimum absolute atomic E-state index is 0.0932. The Hall–Kier alpha value is -4.37. The average Bonchev–Trinajstić information content (AvgIpc) is 3.37. The van der Waals surface area contributed by atoms with Crippen LogP contribution in [0.1, 0.15) is 64.3 Å². The summed E-state index contributed by atoms with van der Waals surface area (Å²) in [5.41, 5.74) is 3.91. The van der Waals surface area contributed by atoms with Crippen LogP contribution in [0.15, 0.2) is 71.5 Å². The number of ether oxygens (including phenoxy) is 3. The maximum Gasteiger partial charge on any atom is 0.408 e. The molecule has 1 heterocycles. The number of para-hydroxylation sites is 1. The number of rotatable bonds is 9. The highest BCUT2D eigenvalue weighted by Gasteiger charge is 2.22. The Kier molecular flexibility index (Phi) is 9.21. The standard InChI is InChI=1S/C33H38N2O7/c1-32(2,3)41-29(37)17-24-10-7-8-13-27(24)39-19-21-14-25(30-28(15-21)40-20-34-30)22-11-9-12-23(16-22)26(18-36)35-31(38)42-33(4,5)6/h7-16,20,26,36H,17-19H2,1-6H3,(H,35,38)/t26-/m1/s1. The number of amides is 1. The van der Waals surface area contributed by atoms with Crippen molar-refractivity contribution in [1.29, 1.82) is 0 Å². The van der Waals surface area contributed by atoms with Crippen LogP contribution < -0.4 is 10.1 Å². The molecule has 0 aliphatic carbocycles. The zero-order chi connectivity index (χ0) is 30.5. The molecule has 2 N–H and O–H groups in total. The second-order valence-corrected chi connectivity index (χ2v) is 12.0. The highest BCUT2D eigenvalue weighted by atomic mass is 16.6. The summed E-state index contributed by atoms with van der Waals surface area (Å²) in [4.78, 5) is 29.2. The molecular weight excluding hydrogens is 536 g/mol. The lowest BCUT2D eigenvalue weighted by atomic mass is 9.97. The third kappa shape index (κ3) is 8.33. The van der Waals surface area contributed by atoms with Gasteiger partial charge >= 0.3 is 12.1 Å². The second-order valence-electron chi connectivity index (χ2n) is 12.0. The largest absolute Gasteiger partial charge is 0.489 e. The number of oxazole rings is 1. The van der Waals surface area contributed by atoms with E-state index in [1.807, 2.05) is 81.4 Å². The van der Waals surface area contributed by atoms with E-state index in [0.717, 1.165) is 22.3 Å². The number of aromatic nitrogens is 1. The Morgan fingerprint density at radius 1 is 0.952 bits per heavy atom. The number of fused-ring (bicyclic) bond motifs is 1. The Morgan fingerprint density at radius 2 is 1.69 bits per heavy atom. The fraction of sp³-hybridized carbons (Fsp3) is 0.364. The van der Waals surface area contributed by atoms with Crippen molar-refractivity contribution < 1.29 is 33.3 Å². The van der Waals surface area contributed by atoms with E-state index < -0.39 is 23.3 Å². The Morgan fingerprint density at radius 3 is 2.40 bits per heavy atom. The average molecular weight is 575 g/mol. The third-order valence-electron chi connectivity index (χ3n) is 6.09. The molecule has 0 fully saturated rings. The molecular formula is C33H38N2O7. The summed E-state index contributed by atoms with van der Waals surface area (Å²) in [6.45, 7) is 10.7. The van der Waals surface area contributed by atoms with E-state index in [9.17, 15) is 14.7 Å². The smallest absolute Gasteiger partial charge is 0.408 e. The molecule has 0 saturated carbocycles. The van der Waals surface area contributed by atoms with Crippen molar-refractivity contribution in [3.63, 3.8) is 0 Å². The van der Waals surface area contributed by atoms with Gasteiger partial charge < -0.3 is 29.1 Å². The van der Waals surface area contributed by atoms with Crippen LogP contribution in [0.25, 0.3) is 22.2 Å². The normalized spacial score (nSPS) is 12.5. The first-order valence-electron chi connectivity index (χ1n) is 13.8. The maximum atomic E-state index is 12.4. The molecule has 0 radical (unpaired) electrons. The third-order valence-corrected chi connectivity index (χ3v) is 6.09. The van der Waals surface area contributed by atoms with Gasteiger partial charge in [-0.05, 0) is 82.5 Å². The molecule has 0 saturated heterocycles. The molecule has 1 aromatic heterocycles. The van der Waals surface area contributed by atoms with Crippen molar-refractivity contribution in [2.45, 2.75) is 71.8 Å². The minimum Gasteiger partial charge on any atom is -0.489 e. The monoisotopic (exact) mass is 574 g/mol. The lowest BCUT2D eigenvalue weighted by molar-refractivity contribution is -0.153. The summed E-state index contributed by atoms with van der Waals surface area (Å²) < 4.78 is 22.7. The summed E-state index contributed by atoms with van der Waals surface area (Å²) in [6.07, 6.45) is 0.868. The lowest BCUT2D eigenvalue weighted by Crippen LogP contribution is -2.36. The van der Waals surface area contributed by atoms with E-state index in [-0.39, 0.29) is 25.6 Å². The summed E-state index contributed by atoms with van der Waals surface area (Å²) in [6, 6.07) is 18.1. The molecule has 9 nitrogen and oxygen atoms in total. The van der Waals surface area contributed by atoms with Gasteiger partial charge in [0.1, 0.15) is 29.1 Å². The summed E-state index contributed by atoms with van der Waals surface area (Å²) in [7, 11) is 0. The lowest BCUT2D eigenvalue weighted by Gasteiger charge is -2.23. The van der Waals surface area contributed by atoms with Crippen molar-refractivity contribution in [3.05, 3.63) is 83.7 Å². The molecule has 1 atom stereocenters. The molecule has 0 bridgehead atoms. The number of esters is 1. The number of nitrogens with one attached hydrogen (secondary N) is 1. The molecule has 42 heavy (non-hydrogen) atoms. The first-order valence-corrected chi connectivity index (χ1v) is 13.8. The number of hydrogen-bond donors (Lipinski definition) is 2. The number of carbonyl (C=O) groups is 2. The van der Waals surface area contributed by atoms with E-state index in [0.29, 0.717) is 22.4 Å². The number of aliphatic hydroxyl groups excluding tert-OH is 1. The topological polar surface area (TPSA) is 120 Å². The quantitative estimate of drug-likeness (QED) is 0.217. The Balaban J connectivity index is 1.57. The first-order chi connectivity index (χ1) is 19.8. The van der Waals surface area contributed by atoms with Gasteiger partial charge in [-0.25, -0.2) is 9.78 Å². The van der Waals surface area contributed by atoms with Crippen LogP contribution in [-0.4, -0.2) is 40.0 Å². The van der Waals surface area contributed by atoms with Gasteiger partial charge in [0.15, 0.2) is 12.0 Å². The molecule has 4 aromatic rings. The van der Waals surface area contributed by atoms with Gasteiger partial charge in [-0.15, -0.1) is 0 Å². The number of benzene rings is 3. The fourth-order valence-corrected chi connectivity index (χ4v) is 4.42. The van der Waals surface area contributed by atoms with Crippen LogP contribution in [0, 0.1) is 0 Å². The number of carbonyl (C=O) groups excluding carboxylic acids is 2. The number of nitrogens with zero attached hydrogens (tertiary/aromatic N) is 1. The molecule has 1 amide bonds. The van der Waals surface area contributed by atoms with Gasteiger partial charge in [-0.1, -0.05) is 36.4 Å². The van der Waals surface area contributed by atoms with E-state index >= 15 is 0 Å². The molecule has 222 valence electrons. The van der Waals surface area contributed by atoms with Crippen molar-refractivity contribution in [2.24, 2.45) is 0 Å². The van der Waals surface area contributed by atoms with E-state index in [2.05, 4.69) is 10.3 Å². The van der Waals surface area contributed by atoms with Gasteiger partial charge in [0.05, 0.1) is 19.1 Å². The van der Waals surface area contributed by atoms with Crippen LogP contribution in [0.3, 0.4) is 0 Å². The second kappa shape index (κ2) is 12.7. The zero-order valence-electron chi connectivity index (χ0n) is 24.9. The Labute approximate surface area is 245 Å². The predicted octanol–water partition coefficient (Wildman–Crippen LogP) is 6.52. The summed E-state index contributed by atoms with van der Waals surface area (Å²) >= 11 is 0. The highest BCUT2D eigenvalue weighted by molar-refractivity contribution is 5.91. The van der Waals surface area contributed by atoms with Gasteiger partial charge in [0.2, 0.25) is 0 Å². The van der Waals surface area contributed by atoms with Gasteiger partial charge in [-0.2, -0.15) is 0 Å². The molecule has 0 spiro atoms. The fourth-order valence-electron chi connectivity index (χ4n) is 4.42. The molecule has 4 rings (SSSR count). The number of alkyl carbamates (subject to hydrolysis) is 1. The van der Waals surface area contributed by atoms with Crippen LogP contribution in [-0.2, 0) is 27.3 Å². The predicted molar refractivity (Wildman–Crippen MR) is 159 cm³/mol. The van der Waals surface area contributed by atoms with Crippen LogP contribution >= 0.6 is 0 Å². The van der Waals surface area contributed by atoms with Crippen molar-refractivity contribution in [3.8, 4) is 16.9 Å². The van der Waals surface area contributed by atoms with Crippen LogP contribution in [0.5, 0.6) is 5.75 Å². The van der Waals surface area contributed by atoms with E-state index in [1.165, 1.54) is 6.39 Å². The van der Waals surface area contributed by atoms with Crippen molar-refractivity contribution in [1.82, 2.24) is 10.3 Å². The molecule has 9 heteroatoms. The van der Waals surface area contributed by atoms with Gasteiger partial charge in [0.25, 0.3) is 0 Å². The van der Waals surface area contributed by atoms with Crippen molar-refractivity contribution >= 4 is 23.2 Å². The van der Waals surface area contributed by atoms with E-state index in [4.69, 9.17) is 18.6 Å². The van der Waals surface area contributed by atoms with Crippen LogP contribution in [0.4, 0.5) is 4.79 Å². The van der Waals surface area contributed by atoms with Gasteiger partial charge in [0, 0.05) is 11.1 Å². The summed E-state index contributed by atoms with van der Waals surface area (Å²) in [5, 5.41) is 12.8. The first kappa shape index (κ1) is 30.6. The van der Waals surface area contributed by atoms with Gasteiger partial charge in [-0.3, -0.25) is 4.79 Å². The number of hydrogen-bond acceptors (Lipinski definition) is 8. The molecule has 0 aliphatic heterocycles. The zero-order valence-corrected chi connectivity index (χ0v) is 24.9. The molecule has 0 unspecified atom stereocenters. The SMILES string of the molecule is CC(C)(C)OC(=O)Cc1ccccc1OCc1cc(-c2cccc([C@@H](CO)NC(=O)OC(C)(C)C)c2)c2ncoc2c1. The van der Waals surface area contributed by atoms with Crippen LogP contribution in [0.2, 0.25) is 0 Å². The highest BCUT2D eigenvalue weighted by Crippen LogP contribution is 2.32. The van der Waals surface area contributed by atoms with Crippen molar-refractivity contribution in [2.75, 3.05) is 6.61 Å². The summed E-state index contributed by atoms with van der Waals surface area (Å²) in [5.74, 6) is 0.259. The maximum absolute atomic E-state index is 12.4. The Bertz CT molecular complexity index is 1550. The van der Waals surface area contributed by atoms with E-state index in [1.54, 1.807) is 20.8 Å². The molecule has 3 aromatic carbocycles. The molecule has 0 aliphatic rings. The minimum atomic E-state index is -0.666. The number of aliphatic hydroxyl groups is 1.